The summed E-state index contributed by atoms with van der Waals surface area (Å²) >= 11 is 1.14. The van der Waals surface area contributed by atoms with Crippen LogP contribution in [-0.2, 0) is 4.79 Å². The monoisotopic (exact) mass is 266 g/mol. The number of rotatable bonds is 4. The molecule has 0 aliphatic carbocycles. The van der Waals surface area contributed by atoms with Gasteiger partial charge in [-0.3, -0.25) is 4.79 Å². The molecule has 0 fully saturated rings. The molecule has 0 saturated heterocycles. The van der Waals surface area contributed by atoms with Crippen molar-refractivity contribution >= 4 is 28.5 Å². The van der Waals surface area contributed by atoms with Gasteiger partial charge < -0.3 is 16.5 Å². The van der Waals surface area contributed by atoms with E-state index in [1.54, 1.807) is 4.90 Å². The molecule has 0 aliphatic rings. The van der Waals surface area contributed by atoms with Crippen LogP contribution in [0.5, 0.6) is 0 Å². The van der Waals surface area contributed by atoms with E-state index in [0.717, 1.165) is 17.4 Å². The number of amides is 1. The minimum absolute atomic E-state index is 0.0206. The molecule has 1 amide bonds. The van der Waals surface area contributed by atoms with E-state index >= 15 is 0 Å². The van der Waals surface area contributed by atoms with Crippen LogP contribution >= 0.6 is 11.8 Å². The van der Waals surface area contributed by atoms with Gasteiger partial charge in [-0.2, -0.15) is 5.10 Å². The summed E-state index contributed by atoms with van der Waals surface area (Å²) in [5, 5.41) is 3.53. The minimum atomic E-state index is -0.0206. The molecular weight excluding hydrogens is 248 g/mol. The number of hydrogen-bond acceptors (Lipinski definition) is 4. The molecule has 1 aromatic rings. The quantitative estimate of drug-likeness (QED) is 0.373. The second-order valence-electron chi connectivity index (χ2n) is 3.95. The van der Waals surface area contributed by atoms with Crippen molar-refractivity contribution in [3.8, 4) is 0 Å². The fraction of sp³-hybridized carbons (Fsp3) is 0.333. The third-order valence-electron chi connectivity index (χ3n) is 2.29. The SMILES string of the molecule is CC(C)N(C(=O)CSC(N)=NN)c1ccccc1. The molecule has 0 spiro atoms. The van der Waals surface area contributed by atoms with E-state index in [4.69, 9.17) is 11.6 Å². The van der Waals surface area contributed by atoms with Crippen LogP contribution in [0.2, 0.25) is 0 Å². The van der Waals surface area contributed by atoms with Gasteiger partial charge in [-0.25, -0.2) is 0 Å². The Bertz CT molecular complexity index is 419. The molecule has 0 aliphatic heterocycles. The first-order chi connectivity index (χ1) is 8.56. The van der Waals surface area contributed by atoms with Crippen LogP contribution in [0.4, 0.5) is 5.69 Å². The number of benzene rings is 1. The molecule has 4 N–H and O–H groups in total. The standard InChI is InChI=1S/C12H18N4OS/c1-9(2)16(10-6-4-3-5-7-10)11(17)8-18-12(13)15-14/h3-7,9H,8,14H2,1-2H3,(H2,13,15). The van der Waals surface area contributed by atoms with Gasteiger partial charge in [0.15, 0.2) is 5.17 Å². The van der Waals surface area contributed by atoms with Gasteiger partial charge in [0.05, 0.1) is 5.75 Å². The Hall–Kier alpha value is -1.69. The van der Waals surface area contributed by atoms with E-state index in [9.17, 15) is 4.79 Å². The Morgan fingerprint density at radius 2 is 2.00 bits per heavy atom. The molecule has 0 radical (unpaired) electrons. The van der Waals surface area contributed by atoms with Gasteiger partial charge in [-0.1, -0.05) is 30.0 Å². The predicted octanol–water partition coefficient (Wildman–Crippen LogP) is 1.35. The van der Waals surface area contributed by atoms with Crippen LogP contribution in [0.15, 0.2) is 35.4 Å². The first-order valence-electron chi connectivity index (χ1n) is 5.59. The highest BCUT2D eigenvalue weighted by molar-refractivity contribution is 8.14. The largest absolute Gasteiger partial charge is 0.377 e. The molecule has 98 valence electrons. The number of carbonyl (C=O) groups is 1. The number of carbonyl (C=O) groups excluding carboxylic acids is 1. The normalized spacial score (nSPS) is 11.6. The maximum Gasteiger partial charge on any atom is 0.237 e. The van der Waals surface area contributed by atoms with E-state index in [-0.39, 0.29) is 22.9 Å². The summed E-state index contributed by atoms with van der Waals surface area (Å²) in [4.78, 5) is 13.9. The number of para-hydroxylation sites is 1. The van der Waals surface area contributed by atoms with E-state index in [1.807, 2.05) is 44.2 Å². The highest BCUT2D eigenvalue weighted by Crippen LogP contribution is 2.18. The summed E-state index contributed by atoms with van der Waals surface area (Å²) in [6.07, 6.45) is 0. The molecule has 0 unspecified atom stereocenters. The molecule has 0 saturated carbocycles. The topological polar surface area (TPSA) is 84.7 Å². The van der Waals surface area contributed by atoms with Crippen molar-refractivity contribution in [1.82, 2.24) is 0 Å². The molecule has 0 atom stereocenters. The minimum Gasteiger partial charge on any atom is -0.377 e. The predicted molar refractivity (Wildman–Crippen MR) is 77.3 cm³/mol. The van der Waals surface area contributed by atoms with Gasteiger partial charge >= 0.3 is 0 Å². The van der Waals surface area contributed by atoms with Crippen LogP contribution in [-0.4, -0.2) is 22.9 Å². The first-order valence-corrected chi connectivity index (χ1v) is 6.58. The molecule has 0 bridgehead atoms. The summed E-state index contributed by atoms with van der Waals surface area (Å²) < 4.78 is 0. The van der Waals surface area contributed by atoms with Gasteiger partial charge in [0.2, 0.25) is 5.91 Å². The number of amidine groups is 1. The molecule has 1 aromatic carbocycles. The number of hydrogen-bond donors (Lipinski definition) is 2. The number of anilines is 1. The lowest BCUT2D eigenvalue weighted by atomic mass is 10.2. The number of nitrogens with zero attached hydrogens (tertiary/aromatic N) is 2. The van der Waals surface area contributed by atoms with Gasteiger partial charge in [0.1, 0.15) is 0 Å². The third kappa shape index (κ3) is 3.96. The number of thioether (sulfide) groups is 1. The van der Waals surface area contributed by atoms with Crippen molar-refractivity contribution in [3.05, 3.63) is 30.3 Å². The number of hydrazone groups is 1. The summed E-state index contributed by atoms with van der Waals surface area (Å²) in [5.74, 6) is 5.22. The van der Waals surface area contributed by atoms with Crippen LogP contribution in [0.1, 0.15) is 13.8 Å². The Balaban J connectivity index is 2.77. The third-order valence-corrected chi connectivity index (χ3v) is 3.08. The highest BCUT2D eigenvalue weighted by Gasteiger charge is 2.18. The Morgan fingerprint density at radius 3 is 2.50 bits per heavy atom. The second-order valence-corrected chi connectivity index (χ2v) is 4.94. The maximum absolute atomic E-state index is 12.2. The summed E-state index contributed by atoms with van der Waals surface area (Å²) in [6, 6.07) is 9.62. The van der Waals surface area contributed by atoms with Gasteiger partial charge in [0, 0.05) is 11.7 Å². The lowest BCUT2D eigenvalue weighted by Crippen LogP contribution is -2.38. The van der Waals surface area contributed by atoms with Gasteiger partial charge in [0.25, 0.3) is 0 Å². The van der Waals surface area contributed by atoms with Crippen LogP contribution < -0.4 is 16.5 Å². The van der Waals surface area contributed by atoms with Crippen molar-refractivity contribution in [2.75, 3.05) is 10.7 Å². The van der Waals surface area contributed by atoms with Gasteiger partial charge in [-0.05, 0) is 26.0 Å². The average Bonchev–Trinajstić information content (AvgIpc) is 2.37. The molecular formula is C12H18N4OS. The van der Waals surface area contributed by atoms with Crippen LogP contribution in [0.3, 0.4) is 0 Å². The van der Waals surface area contributed by atoms with Crippen LogP contribution in [0, 0.1) is 0 Å². The van der Waals surface area contributed by atoms with E-state index in [2.05, 4.69) is 5.10 Å². The second kappa shape index (κ2) is 6.90. The highest BCUT2D eigenvalue weighted by atomic mass is 32.2. The maximum atomic E-state index is 12.2. The van der Waals surface area contributed by atoms with Crippen molar-refractivity contribution < 1.29 is 4.79 Å². The van der Waals surface area contributed by atoms with E-state index < -0.39 is 0 Å². The fourth-order valence-electron chi connectivity index (χ4n) is 1.56. The lowest BCUT2D eigenvalue weighted by Gasteiger charge is -2.26. The van der Waals surface area contributed by atoms with Crippen molar-refractivity contribution in [2.24, 2.45) is 16.7 Å². The molecule has 0 heterocycles. The summed E-state index contributed by atoms with van der Waals surface area (Å²) in [5.41, 5.74) is 6.33. The Morgan fingerprint density at radius 1 is 1.39 bits per heavy atom. The number of nitrogens with two attached hydrogens (primary N) is 2. The van der Waals surface area contributed by atoms with Crippen molar-refractivity contribution in [2.45, 2.75) is 19.9 Å². The molecule has 1 rings (SSSR count). The smallest absolute Gasteiger partial charge is 0.237 e. The lowest BCUT2D eigenvalue weighted by molar-refractivity contribution is -0.116. The molecule has 18 heavy (non-hydrogen) atoms. The summed E-state index contributed by atoms with van der Waals surface area (Å²) in [6.45, 7) is 3.94. The van der Waals surface area contributed by atoms with Crippen molar-refractivity contribution in [1.29, 1.82) is 0 Å². The van der Waals surface area contributed by atoms with Crippen LogP contribution in [0.25, 0.3) is 0 Å². The van der Waals surface area contributed by atoms with E-state index in [1.165, 1.54) is 0 Å². The molecule has 6 heteroatoms. The zero-order chi connectivity index (χ0) is 13.5. The van der Waals surface area contributed by atoms with Gasteiger partial charge in [-0.15, -0.1) is 0 Å². The van der Waals surface area contributed by atoms with E-state index in [0.29, 0.717) is 0 Å². The molecule has 5 nitrogen and oxygen atoms in total. The summed E-state index contributed by atoms with van der Waals surface area (Å²) in [7, 11) is 0. The average molecular weight is 266 g/mol. The Labute approximate surface area is 111 Å². The zero-order valence-electron chi connectivity index (χ0n) is 10.5. The molecule has 0 aromatic heterocycles. The zero-order valence-corrected chi connectivity index (χ0v) is 11.4. The van der Waals surface area contributed by atoms with Crippen molar-refractivity contribution in [3.63, 3.8) is 0 Å². The Kier molecular flexibility index (Phi) is 5.51. The first kappa shape index (κ1) is 14.4. The fourth-order valence-corrected chi connectivity index (χ4v) is 2.05.